The van der Waals surface area contributed by atoms with Crippen LogP contribution in [0.5, 0.6) is 0 Å². The minimum Gasteiger partial charge on any atom is -0.354 e. The van der Waals surface area contributed by atoms with Gasteiger partial charge in [0.2, 0.25) is 11.8 Å². The summed E-state index contributed by atoms with van der Waals surface area (Å²) in [6.45, 7) is 3.70. The van der Waals surface area contributed by atoms with E-state index in [2.05, 4.69) is 5.32 Å². The van der Waals surface area contributed by atoms with Gasteiger partial charge in [-0.3, -0.25) is 13.9 Å². The Hall–Kier alpha value is -2.78. The van der Waals surface area contributed by atoms with Crippen molar-refractivity contribution >= 4 is 62.3 Å². The van der Waals surface area contributed by atoms with Crippen molar-refractivity contribution in [1.29, 1.82) is 0 Å². The van der Waals surface area contributed by atoms with Gasteiger partial charge in [-0.05, 0) is 60.9 Å². The maximum atomic E-state index is 14.0. The Bertz CT molecular complexity index is 1390. The van der Waals surface area contributed by atoms with Gasteiger partial charge in [0.25, 0.3) is 10.0 Å². The zero-order valence-corrected chi connectivity index (χ0v) is 24.7. The van der Waals surface area contributed by atoms with Crippen molar-refractivity contribution in [2.45, 2.75) is 44.2 Å². The number of anilines is 1. The molecule has 3 rings (SSSR count). The van der Waals surface area contributed by atoms with Crippen molar-refractivity contribution in [1.82, 2.24) is 10.2 Å². The second-order valence-electron chi connectivity index (χ2n) is 8.79. The summed E-state index contributed by atoms with van der Waals surface area (Å²) in [4.78, 5) is 28.5. The molecule has 3 aromatic rings. The van der Waals surface area contributed by atoms with Crippen LogP contribution in [-0.4, -0.2) is 44.3 Å². The van der Waals surface area contributed by atoms with Gasteiger partial charge in [-0.2, -0.15) is 0 Å². The third-order valence-corrected chi connectivity index (χ3v) is 8.78. The Labute approximate surface area is 244 Å². The fourth-order valence-corrected chi connectivity index (χ4v) is 5.81. The Kier molecular flexibility index (Phi) is 11.1. The number of sulfonamides is 1. The predicted molar refractivity (Wildman–Crippen MR) is 157 cm³/mol. The van der Waals surface area contributed by atoms with Crippen molar-refractivity contribution in [3.8, 4) is 0 Å². The molecule has 39 heavy (non-hydrogen) atoms. The first-order chi connectivity index (χ1) is 18.6. The Morgan fingerprint density at radius 1 is 0.897 bits per heavy atom. The summed E-state index contributed by atoms with van der Waals surface area (Å²) in [6, 6.07) is 18.2. The second-order valence-corrected chi connectivity index (χ2v) is 11.9. The van der Waals surface area contributed by atoms with Crippen molar-refractivity contribution in [2.75, 3.05) is 17.4 Å². The molecule has 0 aromatic heterocycles. The summed E-state index contributed by atoms with van der Waals surface area (Å²) in [5.41, 5.74) is 0.901. The molecule has 0 aliphatic heterocycles. The number of hydrogen-bond acceptors (Lipinski definition) is 4. The lowest BCUT2D eigenvalue weighted by molar-refractivity contribution is -0.140. The zero-order chi connectivity index (χ0) is 28.6. The van der Waals surface area contributed by atoms with Gasteiger partial charge in [-0.25, -0.2) is 8.42 Å². The van der Waals surface area contributed by atoms with Crippen molar-refractivity contribution in [3.63, 3.8) is 0 Å². The molecule has 0 bridgehead atoms. The number of benzene rings is 3. The molecule has 0 fully saturated rings. The highest BCUT2D eigenvalue weighted by molar-refractivity contribution is 7.92. The lowest BCUT2D eigenvalue weighted by Gasteiger charge is -2.33. The van der Waals surface area contributed by atoms with Crippen LogP contribution in [0.25, 0.3) is 0 Å². The molecule has 7 nitrogen and oxygen atoms in total. The number of nitrogens with one attached hydrogen (secondary N) is 1. The average molecular weight is 611 g/mol. The Morgan fingerprint density at radius 2 is 1.56 bits per heavy atom. The summed E-state index contributed by atoms with van der Waals surface area (Å²) in [5, 5.41) is 3.76. The number of nitrogens with zero attached hydrogens (tertiary/aromatic N) is 2. The molecule has 0 heterocycles. The van der Waals surface area contributed by atoms with E-state index in [1.54, 1.807) is 49.4 Å². The molecule has 208 valence electrons. The zero-order valence-electron chi connectivity index (χ0n) is 21.6. The average Bonchev–Trinajstić information content (AvgIpc) is 2.93. The van der Waals surface area contributed by atoms with Crippen LogP contribution in [0.1, 0.15) is 32.3 Å². The fraction of sp³-hybridized carbons (Fsp3) is 0.286. The third kappa shape index (κ3) is 7.88. The second kappa shape index (κ2) is 14.0. The molecule has 1 atom stereocenters. The molecule has 11 heteroatoms. The van der Waals surface area contributed by atoms with E-state index >= 15 is 0 Å². The molecular weight excluding hydrogens is 581 g/mol. The molecule has 0 saturated carbocycles. The number of halogens is 3. The van der Waals surface area contributed by atoms with Gasteiger partial charge in [-0.15, -0.1) is 0 Å². The molecule has 0 radical (unpaired) electrons. The molecule has 0 aliphatic rings. The third-order valence-electron chi connectivity index (χ3n) is 6.00. The van der Waals surface area contributed by atoms with Crippen LogP contribution in [-0.2, 0) is 26.2 Å². The van der Waals surface area contributed by atoms with E-state index in [0.29, 0.717) is 18.0 Å². The summed E-state index contributed by atoms with van der Waals surface area (Å²) in [7, 11) is -4.19. The molecule has 3 aromatic carbocycles. The van der Waals surface area contributed by atoms with Crippen LogP contribution in [0.3, 0.4) is 0 Å². The number of hydrogen-bond donors (Lipinski definition) is 1. The van der Waals surface area contributed by atoms with Crippen LogP contribution in [0.2, 0.25) is 15.1 Å². The highest BCUT2D eigenvalue weighted by Gasteiger charge is 2.33. The standard InChI is InChI=1S/C28H30Cl3N3O4S/c1-3-16-32-28(36)26(4-2)33(18-20-10-12-21(29)13-11-20)27(35)19-34(22-14-15-24(30)25(31)17-22)39(37,38)23-8-6-5-7-9-23/h5-15,17,26H,3-4,16,18-19H2,1-2H3,(H,32,36). The van der Waals surface area contributed by atoms with Gasteiger partial charge in [-0.1, -0.05) is 79.0 Å². The summed E-state index contributed by atoms with van der Waals surface area (Å²) < 4.78 is 28.5. The van der Waals surface area contributed by atoms with E-state index < -0.39 is 28.5 Å². The van der Waals surface area contributed by atoms with E-state index in [1.165, 1.54) is 35.2 Å². The van der Waals surface area contributed by atoms with Crippen molar-refractivity contribution in [2.24, 2.45) is 0 Å². The quantitative estimate of drug-likeness (QED) is 0.266. The van der Waals surface area contributed by atoms with Gasteiger partial charge < -0.3 is 10.2 Å². The van der Waals surface area contributed by atoms with Crippen LogP contribution in [0.15, 0.2) is 77.7 Å². The summed E-state index contributed by atoms with van der Waals surface area (Å²) in [6.07, 6.45) is 1.06. The van der Waals surface area contributed by atoms with E-state index in [9.17, 15) is 18.0 Å². The highest BCUT2D eigenvalue weighted by Crippen LogP contribution is 2.31. The fourth-order valence-electron chi connectivity index (χ4n) is 3.96. The normalized spacial score (nSPS) is 12.0. The van der Waals surface area contributed by atoms with Gasteiger partial charge in [0.15, 0.2) is 0 Å². The molecule has 2 amide bonds. The maximum absolute atomic E-state index is 14.0. The topological polar surface area (TPSA) is 86.8 Å². The van der Waals surface area contributed by atoms with Gasteiger partial charge in [0, 0.05) is 18.1 Å². The number of rotatable bonds is 12. The number of carbonyl (C=O) groups is 2. The predicted octanol–water partition coefficient (Wildman–Crippen LogP) is 6.18. The van der Waals surface area contributed by atoms with Crippen LogP contribution in [0, 0.1) is 0 Å². The minimum absolute atomic E-state index is 0.000791. The summed E-state index contributed by atoms with van der Waals surface area (Å²) >= 11 is 18.3. The van der Waals surface area contributed by atoms with Crippen molar-refractivity contribution in [3.05, 3.63) is 93.4 Å². The lowest BCUT2D eigenvalue weighted by atomic mass is 10.1. The molecule has 1 N–H and O–H groups in total. The molecule has 0 aliphatic carbocycles. The van der Waals surface area contributed by atoms with E-state index in [1.807, 2.05) is 6.92 Å². The maximum Gasteiger partial charge on any atom is 0.264 e. The van der Waals surface area contributed by atoms with E-state index in [-0.39, 0.29) is 33.1 Å². The highest BCUT2D eigenvalue weighted by atomic mass is 35.5. The number of amides is 2. The molecule has 0 spiro atoms. The lowest BCUT2D eigenvalue weighted by Crippen LogP contribution is -2.52. The first kappa shape index (κ1) is 30.8. The van der Waals surface area contributed by atoms with E-state index in [4.69, 9.17) is 34.8 Å². The SMILES string of the molecule is CCCNC(=O)C(CC)N(Cc1ccc(Cl)cc1)C(=O)CN(c1ccc(Cl)c(Cl)c1)S(=O)(=O)c1ccccc1. The smallest absolute Gasteiger partial charge is 0.264 e. The van der Waals surface area contributed by atoms with Crippen molar-refractivity contribution < 1.29 is 18.0 Å². The van der Waals surface area contributed by atoms with E-state index in [0.717, 1.165) is 16.3 Å². The minimum atomic E-state index is -4.19. The number of carbonyl (C=O) groups excluding carboxylic acids is 2. The van der Waals surface area contributed by atoms with Crippen LogP contribution < -0.4 is 9.62 Å². The molecule has 0 saturated heterocycles. The van der Waals surface area contributed by atoms with Crippen LogP contribution >= 0.6 is 34.8 Å². The molecular formula is C28H30Cl3N3O4S. The van der Waals surface area contributed by atoms with Gasteiger partial charge >= 0.3 is 0 Å². The first-order valence-corrected chi connectivity index (χ1v) is 15.0. The Morgan fingerprint density at radius 3 is 2.15 bits per heavy atom. The Balaban J connectivity index is 2.06. The van der Waals surface area contributed by atoms with Gasteiger partial charge in [0.05, 0.1) is 20.6 Å². The summed E-state index contributed by atoms with van der Waals surface area (Å²) in [5.74, 6) is -0.873. The molecule has 1 unspecified atom stereocenters. The van der Waals surface area contributed by atoms with Gasteiger partial charge in [0.1, 0.15) is 12.6 Å². The first-order valence-electron chi connectivity index (χ1n) is 12.4. The largest absolute Gasteiger partial charge is 0.354 e. The monoisotopic (exact) mass is 609 g/mol. The van der Waals surface area contributed by atoms with Crippen LogP contribution in [0.4, 0.5) is 5.69 Å².